The van der Waals surface area contributed by atoms with Crippen molar-refractivity contribution in [2.75, 3.05) is 7.11 Å². The smallest absolute Gasteiger partial charge is 0.134 e. The lowest BCUT2D eigenvalue weighted by Gasteiger charge is -2.15. The lowest BCUT2D eigenvalue weighted by molar-refractivity contribution is 0.420. The molecule has 0 heterocycles. The Bertz CT molecular complexity index is 771. The van der Waals surface area contributed by atoms with Gasteiger partial charge in [0.15, 0.2) is 0 Å². The first kappa shape index (κ1) is 15.5. The molecule has 0 bridgehead atoms. The van der Waals surface area contributed by atoms with E-state index in [9.17, 15) is 0 Å². The van der Waals surface area contributed by atoms with Crippen molar-refractivity contribution in [1.82, 2.24) is 0 Å². The number of methoxy groups -OCH3 is 1. The van der Waals surface area contributed by atoms with Gasteiger partial charge in [-0.2, -0.15) is 0 Å². The molecule has 3 aromatic rings. The van der Waals surface area contributed by atoms with Crippen molar-refractivity contribution in [3.05, 3.63) is 76.4 Å². The highest BCUT2D eigenvalue weighted by Crippen LogP contribution is 2.34. The average molecular weight is 418 g/mol. The van der Waals surface area contributed by atoms with Crippen LogP contribution in [0.25, 0.3) is 11.1 Å². The number of benzene rings is 3. The Kier molecular flexibility index (Phi) is 5.12. The van der Waals surface area contributed by atoms with E-state index < -0.39 is 0 Å². The Morgan fingerprint density at radius 2 is 1.45 bits per heavy atom. The van der Waals surface area contributed by atoms with E-state index in [2.05, 4.69) is 89.3 Å². The Balaban J connectivity index is 2.06. The Hall–Kier alpha value is -1.38. The summed E-state index contributed by atoms with van der Waals surface area (Å²) in [6, 6.07) is 25.4. The summed E-state index contributed by atoms with van der Waals surface area (Å²) < 4.78 is 7.00. The van der Waals surface area contributed by atoms with Crippen LogP contribution in [0, 0.1) is 3.57 Å². The summed E-state index contributed by atoms with van der Waals surface area (Å²) in [5, 5.41) is 2.56. The van der Waals surface area contributed by atoms with E-state index in [0.717, 1.165) is 11.3 Å². The van der Waals surface area contributed by atoms with Crippen LogP contribution in [0.3, 0.4) is 0 Å². The topological polar surface area (TPSA) is 9.23 Å². The van der Waals surface area contributed by atoms with Gasteiger partial charge in [0.25, 0.3) is 0 Å². The maximum absolute atomic E-state index is 5.76. The van der Waals surface area contributed by atoms with Gasteiger partial charge in [-0.15, -0.1) is 0 Å². The van der Waals surface area contributed by atoms with E-state index in [4.69, 9.17) is 4.74 Å². The van der Waals surface area contributed by atoms with Gasteiger partial charge in [0.1, 0.15) is 5.75 Å². The van der Waals surface area contributed by atoms with Gasteiger partial charge in [-0.05, 0) is 39.5 Å². The van der Waals surface area contributed by atoms with E-state index in [1.54, 1.807) is 7.11 Å². The lowest BCUT2D eigenvalue weighted by atomic mass is 10.0. The molecule has 0 aliphatic heterocycles. The number of hydrogen-bond donors (Lipinski definition) is 0. The van der Waals surface area contributed by atoms with E-state index in [1.807, 2.05) is 6.07 Å². The third kappa shape index (κ3) is 3.34. The van der Waals surface area contributed by atoms with Crippen LogP contribution in [0.1, 0.15) is 0 Å². The molecule has 22 heavy (non-hydrogen) atoms. The zero-order valence-corrected chi connectivity index (χ0v) is 15.4. The second-order valence-electron chi connectivity index (χ2n) is 4.86. The summed E-state index contributed by atoms with van der Waals surface area (Å²) in [5.74, 6) is 0.980. The van der Waals surface area contributed by atoms with Crippen molar-refractivity contribution in [3.63, 3.8) is 0 Å². The molecule has 3 rings (SSSR count). The molecular weight excluding hydrogens is 402 g/mol. The van der Waals surface area contributed by atoms with Crippen LogP contribution in [0.5, 0.6) is 5.75 Å². The van der Waals surface area contributed by atoms with Crippen molar-refractivity contribution >= 4 is 41.8 Å². The second kappa shape index (κ2) is 7.26. The zero-order chi connectivity index (χ0) is 15.4. The summed E-state index contributed by atoms with van der Waals surface area (Å²) in [7, 11) is 2.35. The minimum absolute atomic E-state index is 0.593. The maximum atomic E-state index is 5.76. The minimum Gasteiger partial charge on any atom is -0.495 e. The molecule has 1 unspecified atom stereocenters. The predicted molar refractivity (Wildman–Crippen MR) is 105 cm³/mol. The van der Waals surface area contributed by atoms with Crippen molar-refractivity contribution in [2.24, 2.45) is 0 Å². The third-order valence-corrected chi connectivity index (χ3v) is 5.66. The van der Waals surface area contributed by atoms with Crippen molar-refractivity contribution in [3.8, 4) is 16.9 Å². The molecule has 0 fully saturated rings. The Labute approximate surface area is 146 Å². The molecule has 0 saturated carbocycles. The van der Waals surface area contributed by atoms with Gasteiger partial charge < -0.3 is 4.74 Å². The zero-order valence-electron chi connectivity index (χ0n) is 12.2. The lowest BCUT2D eigenvalue weighted by Crippen LogP contribution is -2.08. The van der Waals surface area contributed by atoms with Crippen LogP contribution in [0.4, 0.5) is 0 Å². The van der Waals surface area contributed by atoms with Crippen LogP contribution in [-0.4, -0.2) is 7.11 Å². The highest BCUT2D eigenvalue weighted by Gasteiger charge is 2.13. The first-order chi connectivity index (χ1) is 10.8. The molecule has 110 valence electrons. The number of para-hydroxylation sites is 1. The van der Waals surface area contributed by atoms with E-state index in [-0.39, 0.29) is 0 Å². The predicted octanol–water partition coefficient (Wildman–Crippen LogP) is 4.60. The van der Waals surface area contributed by atoms with Gasteiger partial charge in [-0.1, -0.05) is 75.3 Å². The fourth-order valence-electron chi connectivity index (χ4n) is 2.42. The van der Waals surface area contributed by atoms with Crippen LogP contribution in [0.2, 0.25) is 0 Å². The molecule has 0 radical (unpaired) electrons. The van der Waals surface area contributed by atoms with Crippen LogP contribution < -0.4 is 15.3 Å². The Morgan fingerprint density at radius 3 is 2.18 bits per heavy atom. The SMILES string of the molecule is COc1c(Pc2ccccc2)cccc1-c1ccccc1I. The molecular formula is C19H16IOP. The molecule has 3 aromatic carbocycles. The summed E-state index contributed by atoms with van der Waals surface area (Å²) in [5.41, 5.74) is 2.38. The number of rotatable bonds is 4. The number of ether oxygens (including phenoxy) is 1. The highest BCUT2D eigenvalue weighted by atomic mass is 127. The molecule has 1 nitrogen and oxygen atoms in total. The first-order valence-corrected chi connectivity index (χ1v) is 9.11. The third-order valence-electron chi connectivity index (χ3n) is 3.44. The van der Waals surface area contributed by atoms with Gasteiger partial charge >= 0.3 is 0 Å². The molecule has 1 atom stereocenters. The number of halogens is 1. The standard InChI is InChI=1S/C19H16IOP/c1-21-19-16(15-10-5-6-12-17(15)20)11-7-13-18(19)22-14-8-3-2-4-9-14/h2-13,22H,1H3. The highest BCUT2D eigenvalue weighted by molar-refractivity contribution is 14.1. The monoisotopic (exact) mass is 418 g/mol. The molecule has 0 saturated heterocycles. The largest absolute Gasteiger partial charge is 0.495 e. The van der Waals surface area contributed by atoms with Crippen molar-refractivity contribution in [2.45, 2.75) is 0 Å². The molecule has 0 aliphatic rings. The van der Waals surface area contributed by atoms with E-state index >= 15 is 0 Å². The maximum Gasteiger partial charge on any atom is 0.134 e. The fourth-order valence-corrected chi connectivity index (χ4v) is 4.30. The van der Waals surface area contributed by atoms with Crippen molar-refractivity contribution in [1.29, 1.82) is 0 Å². The van der Waals surface area contributed by atoms with Crippen molar-refractivity contribution < 1.29 is 4.74 Å². The summed E-state index contributed by atoms with van der Waals surface area (Å²) in [6.07, 6.45) is 0. The molecule has 0 amide bonds. The van der Waals surface area contributed by atoms with E-state index in [0.29, 0.717) is 8.58 Å². The summed E-state index contributed by atoms with van der Waals surface area (Å²) in [4.78, 5) is 0. The molecule has 0 spiro atoms. The minimum atomic E-state index is 0.593. The molecule has 0 aliphatic carbocycles. The summed E-state index contributed by atoms with van der Waals surface area (Å²) in [6.45, 7) is 0. The van der Waals surface area contributed by atoms with E-state index in [1.165, 1.54) is 19.7 Å². The van der Waals surface area contributed by atoms with Gasteiger partial charge in [0.2, 0.25) is 0 Å². The van der Waals surface area contributed by atoms with Gasteiger partial charge in [-0.3, -0.25) is 0 Å². The molecule has 3 heteroatoms. The van der Waals surface area contributed by atoms with Gasteiger partial charge in [-0.25, -0.2) is 0 Å². The van der Waals surface area contributed by atoms with Crippen LogP contribution in [-0.2, 0) is 0 Å². The normalized spacial score (nSPS) is 11.0. The fraction of sp³-hybridized carbons (Fsp3) is 0.0526. The quantitative estimate of drug-likeness (QED) is 0.445. The average Bonchev–Trinajstić information content (AvgIpc) is 2.56. The molecule has 0 aromatic heterocycles. The van der Waals surface area contributed by atoms with Gasteiger partial charge in [0.05, 0.1) is 7.11 Å². The Morgan fingerprint density at radius 1 is 0.773 bits per heavy atom. The van der Waals surface area contributed by atoms with Crippen LogP contribution >= 0.6 is 31.2 Å². The van der Waals surface area contributed by atoms with Gasteiger partial charge in [0, 0.05) is 14.4 Å². The first-order valence-electron chi connectivity index (χ1n) is 7.03. The van der Waals surface area contributed by atoms with Crippen LogP contribution in [0.15, 0.2) is 72.8 Å². The second-order valence-corrected chi connectivity index (χ2v) is 7.39. The molecule has 0 N–H and O–H groups in total. The summed E-state index contributed by atoms with van der Waals surface area (Å²) >= 11 is 2.38. The number of hydrogen-bond acceptors (Lipinski definition) is 1.